The normalized spacial score (nSPS) is 41.1. The molecule has 0 spiro atoms. The molecule has 1 rings (SSSR count). The van der Waals surface area contributed by atoms with Gasteiger partial charge in [-0.25, -0.2) is 0 Å². The lowest BCUT2D eigenvalue weighted by Gasteiger charge is -2.52. The molecule has 0 aromatic rings. The number of rotatable bonds is 2. The molecule has 1 amide bonds. The third-order valence-electron chi connectivity index (χ3n) is 3.06. The summed E-state index contributed by atoms with van der Waals surface area (Å²) in [7, 11) is 0. The van der Waals surface area contributed by atoms with Crippen LogP contribution in [0.4, 0.5) is 0 Å². The summed E-state index contributed by atoms with van der Waals surface area (Å²) in [5, 5.41) is 9.86. The summed E-state index contributed by atoms with van der Waals surface area (Å²) < 4.78 is 0. The average Bonchev–Trinajstić information content (AvgIpc) is 1.83. The van der Waals surface area contributed by atoms with E-state index in [1.807, 2.05) is 20.8 Å². The summed E-state index contributed by atoms with van der Waals surface area (Å²) in [6.45, 7) is 5.73. The zero-order valence-electron chi connectivity index (χ0n) is 7.92. The highest BCUT2D eigenvalue weighted by atomic mass is 16.3. The topological polar surface area (TPSA) is 63.3 Å². The largest absolute Gasteiger partial charge is 0.390 e. The average molecular weight is 171 g/mol. The van der Waals surface area contributed by atoms with Crippen LogP contribution < -0.4 is 5.73 Å². The van der Waals surface area contributed by atoms with Crippen molar-refractivity contribution in [3.05, 3.63) is 0 Å². The van der Waals surface area contributed by atoms with Crippen LogP contribution in [0.25, 0.3) is 0 Å². The number of hydrogen-bond donors (Lipinski definition) is 2. The highest BCUT2D eigenvalue weighted by molar-refractivity contribution is 5.81. The molecule has 0 radical (unpaired) electrons. The van der Waals surface area contributed by atoms with Crippen molar-refractivity contribution in [3.8, 4) is 0 Å². The number of primary amides is 1. The Kier molecular flexibility index (Phi) is 1.95. The molecule has 1 fully saturated rings. The van der Waals surface area contributed by atoms with Gasteiger partial charge in [-0.2, -0.15) is 0 Å². The van der Waals surface area contributed by atoms with Crippen LogP contribution in [0.15, 0.2) is 0 Å². The Morgan fingerprint density at radius 2 is 1.92 bits per heavy atom. The third kappa shape index (κ3) is 1.22. The second kappa shape index (κ2) is 2.46. The maximum Gasteiger partial charge on any atom is 0.223 e. The molecule has 0 atom stereocenters. The summed E-state index contributed by atoms with van der Waals surface area (Å²) in [4.78, 5) is 10.9. The summed E-state index contributed by atoms with van der Waals surface area (Å²) >= 11 is 0. The van der Waals surface area contributed by atoms with Gasteiger partial charge in [0.2, 0.25) is 5.91 Å². The van der Waals surface area contributed by atoms with Crippen molar-refractivity contribution in [2.45, 2.75) is 39.2 Å². The maximum atomic E-state index is 10.9. The number of amides is 1. The Morgan fingerprint density at radius 1 is 1.50 bits per heavy atom. The van der Waals surface area contributed by atoms with Gasteiger partial charge in [0.1, 0.15) is 0 Å². The van der Waals surface area contributed by atoms with Crippen molar-refractivity contribution >= 4 is 5.91 Å². The lowest BCUT2D eigenvalue weighted by Crippen LogP contribution is -2.58. The van der Waals surface area contributed by atoms with E-state index in [-0.39, 0.29) is 11.8 Å². The van der Waals surface area contributed by atoms with E-state index in [0.717, 1.165) is 0 Å². The minimum Gasteiger partial charge on any atom is -0.390 e. The molecule has 3 nitrogen and oxygen atoms in total. The van der Waals surface area contributed by atoms with Gasteiger partial charge in [0.15, 0.2) is 0 Å². The van der Waals surface area contributed by atoms with Crippen LogP contribution in [0, 0.1) is 11.3 Å². The van der Waals surface area contributed by atoms with Crippen LogP contribution in [0.5, 0.6) is 0 Å². The molecule has 0 heterocycles. The quantitative estimate of drug-likeness (QED) is 0.641. The van der Waals surface area contributed by atoms with Crippen LogP contribution >= 0.6 is 0 Å². The molecular weight excluding hydrogens is 154 g/mol. The first-order valence-electron chi connectivity index (χ1n) is 4.32. The molecule has 0 aliphatic heterocycles. The standard InChI is InChI=1S/C9H17NO2/c1-6(2)9(12)4-8(3,5-9)7(10)11/h6,12H,4-5H2,1-3H3,(H2,10,11). The van der Waals surface area contributed by atoms with Crippen LogP contribution in [0.3, 0.4) is 0 Å². The van der Waals surface area contributed by atoms with E-state index in [0.29, 0.717) is 12.8 Å². The summed E-state index contributed by atoms with van der Waals surface area (Å²) in [6, 6.07) is 0. The molecular formula is C9H17NO2. The van der Waals surface area contributed by atoms with E-state index in [2.05, 4.69) is 0 Å². The number of carbonyl (C=O) groups excluding carboxylic acids is 1. The van der Waals surface area contributed by atoms with E-state index in [4.69, 9.17) is 5.73 Å². The Balaban J connectivity index is 2.62. The molecule has 0 saturated heterocycles. The van der Waals surface area contributed by atoms with E-state index in [9.17, 15) is 9.90 Å². The smallest absolute Gasteiger partial charge is 0.223 e. The fraction of sp³-hybridized carbons (Fsp3) is 0.889. The van der Waals surface area contributed by atoms with Crippen molar-refractivity contribution in [1.29, 1.82) is 0 Å². The van der Waals surface area contributed by atoms with Crippen molar-refractivity contribution in [1.82, 2.24) is 0 Å². The molecule has 70 valence electrons. The van der Waals surface area contributed by atoms with Gasteiger partial charge in [-0.3, -0.25) is 4.79 Å². The van der Waals surface area contributed by atoms with Crippen molar-refractivity contribution < 1.29 is 9.90 Å². The first kappa shape index (κ1) is 9.52. The maximum absolute atomic E-state index is 10.9. The predicted octanol–water partition coefficient (Wildman–Crippen LogP) is 0.659. The highest BCUT2D eigenvalue weighted by Gasteiger charge is 2.55. The Bertz CT molecular complexity index is 205. The minimum atomic E-state index is -0.663. The third-order valence-corrected chi connectivity index (χ3v) is 3.06. The molecule has 3 heteroatoms. The lowest BCUT2D eigenvalue weighted by molar-refractivity contribution is -0.169. The zero-order chi connectivity index (χ0) is 9.57. The molecule has 1 aliphatic rings. The lowest BCUT2D eigenvalue weighted by atomic mass is 9.56. The molecule has 1 saturated carbocycles. The van der Waals surface area contributed by atoms with E-state index < -0.39 is 11.0 Å². The van der Waals surface area contributed by atoms with Gasteiger partial charge < -0.3 is 10.8 Å². The Morgan fingerprint density at radius 3 is 2.17 bits per heavy atom. The molecule has 1 aliphatic carbocycles. The van der Waals surface area contributed by atoms with Gasteiger partial charge in [0.25, 0.3) is 0 Å². The number of carbonyl (C=O) groups is 1. The Hall–Kier alpha value is -0.570. The summed E-state index contributed by atoms with van der Waals surface area (Å²) in [5.41, 5.74) is 4.07. The first-order chi connectivity index (χ1) is 5.30. The van der Waals surface area contributed by atoms with E-state index in [1.165, 1.54) is 0 Å². The molecule has 0 aromatic carbocycles. The van der Waals surface area contributed by atoms with Gasteiger partial charge >= 0.3 is 0 Å². The van der Waals surface area contributed by atoms with Gasteiger partial charge in [0.05, 0.1) is 11.0 Å². The Labute approximate surface area is 72.9 Å². The minimum absolute atomic E-state index is 0.199. The van der Waals surface area contributed by atoms with Crippen molar-refractivity contribution in [2.24, 2.45) is 17.1 Å². The predicted molar refractivity (Wildman–Crippen MR) is 46.3 cm³/mol. The highest BCUT2D eigenvalue weighted by Crippen LogP contribution is 2.51. The van der Waals surface area contributed by atoms with Crippen molar-refractivity contribution in [2.75, 3.05) is 0 Å². The summed E-state index contributed by atoms with van der Waals surface area (Å²) in [6.07, 6.45) is 1.01. The molecule has 3 N–H and O–H groups in total. The summed E-state index contributed by atoms with van der Waals surface area (Å²) in [5.74, 6) is -0.0993. The number of aliphatic hydroxyl groups is 1. The van der Waals surface area contributed by atoms with Gasteiger partial charge in [-0.1, -0.05) is 20.8 Å². The van der Waals surface area contributed by atoms with E-state index >= 15 is 0 Å². The second-order valence-corrected chi connectivity index (χ2v) is 4.54. The van der Waals surface area contributed by atoms with Crippen LogP contribution in [0.2, 0.25) is 0 Å². The van der Waals surface area contributed by atoms with Gasteiger partial charge in [-0.05, 0) is 18.8 Å². The van der Waals surface area contributed by atoms with Crippen LogP contribution in [-0.4, -0.2) is 16.6 Å². The fourth-order valence-corrected chi connectivity index (χ4v) is 1.88. The van der Waals surface area contributed by atoms with Crippen LogP contribution in [-0.2, 0) is 4.79 Å². The fourth-order valence-electron chi connectivity index (χ4n) is 1.88. The molecule has 0 unspecified atom stereocenters. The monoisotopic (exact) mass is 171 g/mol. The van der Waals surface area contributed by atoms with E-state index in [1.54, 1.807) is 0 Å². The van der Waals surface area contributed by atoms with Crippen LogP contribution in [0.1, 0.15) is 33.6 Å². The zero-order valence-corrected chi connectivity index (χ0v) is 7.92. The molecule has 0 aromatic heterocycles. The number of hydrogen-bond acceptors (Lipinski definition) is 2. The SMILES string of the molecule is CC(C)C1(O)CC(C)(C(N)=O)C1. The van der Waals surface area contributed by atoms with Crippen molar-refractivity contribution in [3.63, 3.8) is 0 Å². The van der Waals surface area contributed by atoms with Gasteiger partial charge in [-0.15, -0.1) is 0 Å². The first-order valence-corrected chi connectivity index (χ1v) is 4.32. The molecule has 0 bridgehead atoms. The number of nitrogens with two attached hydrogens (primary N) is 1. The second-order valence-electron chi connectivity index (χ2n) is 4.54. The molecule has 12 heavy (non-hydrogen) atoms. The van der Waals surface area contributed by atoms with Gasteiger partial charge in [0, 0.05) is 0 Å².